The van der Waals surface area contributed by atoms with Crippen LogP contribution >= 0.6 is 11.8 Å². The number of hydrogen-bond donors (Lipinski definition) is 0. The fraction of sp³-hybridized carbons (Fsp3) is 0.500. The molecule has 0 spiro atoms. The molecule has 1 saturated heterocycles. The van der Waals surface area contributed by atoms with E-state index in [1.807, 2.05) is 28.8 Å². The Morgan fingerprint density at radius 2 is 2.33 bits per heavy atom. The van der Waals surface area contributed by atoms with Crippen LogP contribution in [0.4, 0.5) is 5.69 Å². The lowest BCUT2D eigenvalue weighted by Crippen LogP contribution is -2.33. The van der Waals surface area contributed by atoms with E-state index >= 15 is 0 Å². The zero-order valence-electron chi connectivity index (χ0n) is 12.1. The molecule has 1 fully saturated rings. The number of anilines is 1. The molecule has 0 N–H and O–H groups in total. The van der Waals surface area contributed by atoms with Crippen molar-refractivity contribution in [3.05, 3.63) is 23.8 Å². The number of carbonyl (C=O) groups is 2. The highest BCUT2D eigenvalue weighted by Gasteiger charge is 2.29. The lowest BCUT2D eigenvalue weighted by molar-refractivity contribution is -0.138. The van der Waals surface area contributed by atoms with Crippen LogP contribution in [-0.2, 0) is 14.3 Å². The first-order valence-electron chi connectivity index (χ1n) is 7.33. The number of ether oxygens (including phenoxy) is 1. The summed E-state index contributed by atoms with van der Waals surface area (Å²) in [6, 6.07) is 6.23. The number of carbonyl (C=O) groups excluding carboxylic acids is 2. The minimum atomic E-state index is -0.185. The third-order valence-corrected chi connectivity index (χ3v) is 5.02. The molecule has 1 atom stereocenters. The van der Waals surface area contributed by atoms with E-state index < -0.39 is 0 Å². The summed E-state index contributed by atoms with van der Waals surface area (Å²) in [6.07, 6.45) is 1.75. The van der Waals surface area contributed by atoms with Crippen molar-refractivity contribution in [2.24, 2.45) is 5.92 Å². The van der Waals surface area contributed by atoms with E-state index in [-0.39, 0.29) is 17.8 Å². The zero-order chi connectivity index (χ0) is 14.8. The Labute approximate surface area is 128 Å². The van der Waals surface area contributed by atoms with E-state index in [0.717, 1.165) is 24.4 Å². The number of benzene rings is 1. The van der Waals surface area contributed by atoms with Gasteiger partial charge in [0.05, 0.1) is 18.7 Å². The van der Waals surface area contributed by atoms with Crippen LogP contribution < -0.4 is 4.90 Å². The first-order valence-corrected chi connectivity index (χ1v) is 8.31. The third-order valence-electron chi connectivity index (χ3n) is 3.89. The van der Waals surface area contributed by atoms with E-state index in [2.05, 4.69) is 13.0 Å². The van der Waals surface area contributed by atoms with Crippen LogP contribution in [0.3, 0.4) is 0 Å². The molecule has 0 bridgehead atoms. The smallest absolute Gasteiger partial charge is 0.306 e. The Morgan fingerprint density at radius 3 is 3.10 bits per heavy atom. The van der Waals surface area contributed by atoms with Crippen molar-refractivity contribution < 1.29 is 14.3 Å². The number of rotatable bonds is 2. The molecule has 112 valence electrons. The maximum absolute atomic E-state index is 12.6. The van der Waals surface area contributed by atoms with E-state index in [9.17, 15) is 9.59 Å². The van der Waals surface area contributed by atoms with Crippen LogP contribution in [0.15, 0.2) is 23.1 Å². The number of amides is 1. The van der Waals surface area contributed by atoms with E-state index in [1.54, 1.807) is 0 Å². The first kappa shape index (κ1) is 14.4. The van der Waals surface area contributed by atoms with Gasteiger partial charge in [0.15, 0.2) is 0 Å². The average Bonchev–Trinajstić information content (AvgIpc) is 2.73. The summed E-state index contributed by atoms with van der Waals surface area (Å²) in [5.74, 6) is 0.988. The fourth-order valence-corrected chi connectivity index (χ4v) is 3.89. The van der Waals surface area contributed by atoms with Crippen LogP contribution in [0, 0.1) is 12.8 Å². The molecule has 21 heavy (non-hydrogen) atoms. The molecular formula is C16H19NO3S. The molecule has 0 aromatic heterocycles. The fourth-order valence-electron chi connectivity index (χ4n) is 2.80. The number of aryl methyl sites for hydroxylation is 1. The summed E-state index contributed by atoms with van der Waals surface area (Å²) in [5, 5.41) is 0. The van der Waals surface area contributed by atoms with Crippen molar-refractivity contribution in [1.82, 2.24) is 0 Å². The highest BCUT2D eigenvalue weighted by molar-refractivity contribution is 7.99. The summed E-state index contributed by atoms with van der Waals surface area (Å²) in [6.45, 7) is 3.21. The molecule has 1 amide bonds. The quantitative estimate of drug-likeness (QED) is 0.788. The van der Waals surface area contributed by atoms with Gasteiger partial charge in [-0.05, 0) is 36.8 Å². The molecule has 0 radical (unpaired) electrons. The standard InChI is InChI=1S/C16H19NO3S/c1-11-3-4-13-14(7-11)21-6-2-5-17(13)15(18)8-12-9-16(19)20-10-12/h3-4,7,12H,2,5-6,8-10H2,1H3. The molecule has 1 aromatic rings. The Bertz CT molecular complexity index is 573. The van der Waals surface area contributed by atoms with Crippen LogP contribution in [0.1, 0.15) is 24.8 Å². The van der Waals surface area contributed by atoms with E-state index in [1.165, 1.54) is 10.5 Å². The predicted molar refractivity (Wildman–Crippen MR) is 82.6 cm³/mol. The SMILES string of the molecule is Cc1ccc2c(c1)SCCCN2C(=O)CC1COC(=O)C1. The molecule has 1 unspecified atom stereocenters. The zero-order valence-corrected chi connectivity index (χ0v) is 12.9. The van der Waals surface area contributed by atoms with Gasteiger partial charge in [-0.25, -0.2) is 0 Å². The second kappa shape index (κ2) is 6.10. The lowest BCUT2D eigenvalue weighted by Gasteiger charge is -2.23. The molecule has 4 nitrogen and oxygen atoms in total. The molecular weight excluding hydrogens is 286 g/mol. The Kier molecular flexibility index (Phi) is 4.19. The third kappa shape index (κ3) is 3.23. The second-order valence-corrected chi connectivity index (χ2v) is 6.81. The van der Waals surface area contributed by atoms with Crippen LogP contribution in [0.5, 0.6) is 0 Å². The van der Waals surface area contributed by atoms with Gasteiger partial charge < -0.3 is 9.64 Å². The van der Waals surface area contributed by atoms with Gasteiger partial charge in [-0.1, -0.05) is 6.07 Å². The average molecular weight is 305 g/mol. The number of fused-ring (bicyclic) bond motifs is 1. The van der Waals surface area contributed by atoms with E-state index in [4.69, 9.17) is 4.74 Å². The molecule has 2 heterocycles. The minimum Gasteiger partial charge on any atom is -0.465 e. The van der Waals surface area contributed by atoms with Crippen LogP contribution in [-0.4, -0.2) is 30.8 Å². The Balaban J connectivity index is 1.78. The summed E-state index contributed by atoms with van der Waals surface area (Å²) in [7, 11) is 0. The van der Waals surface area contributed by atoms with Gasteiger partial charge in [0.25, 0.3) is 0 Å². The number of cyclic esters (lactones) is 1. The maximum atomic E-state index is 12.6. The molecule has 1 aromatic carbocycles. The topological polar surface area (TPSA) is 46.6 Å². The number of thioether (sulfide) groups is 1. The molecule has 0 saturated carbocycles. The molecule has 2 aliphatic heterocycles. The highest BCUT2D eigenvalue weighted by Crippen LogP contribution is 2.35. The highest BCUT2D eigenvalue weighted by atomic mass is 32.2. The monoisotopic (exact) mass is 305 g/mol. The van der Waals surface area contributed by atoms with Gasteiger partial charge >= 0.3 is 5.97 Å². The number of esters is 1. The summed E-state index contributed by atoms with van der Waals surface area (Å²) >= 11 is 1.82. The number of nitrogens with zero attached hydrogens (tertiary/aromatic N) is 1. The van der Waals surface area contributed by atoms with Crippen molar-refractivity contribution in [2.75, 3.05) is 23.8 Å². The molecule has 2 aliphatic rings. The minimum absolute atomic E-state index is 0.0369. The van der Waals surface area contributed by atoms with Crippen molar-refractivity contribution in [2.45, 2.75) is 31.1 Å². The molecule has 0 aliphatic carbocycles. The Hall–Kier alpha value is -1.49. The van der Waals surface area contributed by atoms with Gasteiger partial charge in [0, 0.05) is 23.8 Å². The van der Waals surface area contributed by atoms with Gasteiger partial charge in [-0.15, -0.1) is 11.8 Å². The maximum Gasteiger partial charge on any atom is 0.306 e. The van der Waals surface area contributed by atoms with Gasteiger partial charge in [-0.3, -0.25) is 9.59 Å². The van der Waals surface area contributed by atoms with Crippen molar-refractivity contribution in [3.8, 4) is 0 Å². The summed E-state index contributed by atoms with van der Waals surface area (Å²) in [5.41, 5.74) is 2.23. The van der Waals surface area contributed by atoms with Gasteiger partial charge in [-0.2, -0.15) is 0 Å². The van der Waals surface area contributed by atoms with Gasteiger partial charge in [0.2, 0.25) is 5.91 Å². The Morgan fingerprint density at radius 1 is 1.48 bits per heavy atom. The number of hydrogen-bond acceptors (Lipinski definition) is 4. The van der Waals surface area contributed by atoms with Gasteiger partial charge in [0.1, 0.15) is 0 Å². The molecule has 3 rings (SSSR count). The molecule has 5 heteroatoms. The van der Waals surface area contributed by atoms with Crippen molar-refractivity contribution in [1.29, 1.82) is 0 Å². The largest absolute Gasteiger partial charge is 0.465 e. The van der Waals surface area contributed by atoms with Crippen LogP contribution in [0.25, 0.3) is 0 Å². The first-order chi connectivity index (χ1) is 10.1. The van der Waals surface area contributed by atoms with Crippen LogP contribution in [0.2, 0.25) is 0 Å². The van der Waals surface area contributed by atoms with Crippen molar-refractivity contribution in [3.63, 3.8) is 0 Å². The van der Waals surface area contributed by atoms with Crippen molar-refractivity contribution >= 4 is 29.3 Å². The second-order valence-electron chi connectivity index (χ2n) is 5.68. The van der Waals surface area contributed by atoms with E-state index in [0.29, 0.717) is 19.4 Å². The normalized spacial score (nSPS) is 21.7. The summed E-state index contributed by atoms with van der Waals surface area (Å²) < 4.78 is 4.95. The lowest BCUT2D eigenvalue weighted by atomic mass is 10.0. The summed E-state index contributed by atoms with van der Waals surface area (Å²) in [4.78, 5) is 26.8. The predicted octanol–water partition coefficient (Wildman–Crippen LogP) is 2.78.